The molecule has 0 saturated heterocycles. The molecule has 5 nitrogen and oxygen atoms in total. The van der Waals surface area contributed by atoms with Gasteiger partial charge in [0.15, 0.2) is 10.7 Å². The summed E-state index contributed by atoms with van der Waals surface area (Å²) in [4.78, 5) is 17.4. The highest BCUT2D eigenvalue weighted by Crippen LogP contribution is 2.27. The quantitative estimate of drug-likeness (QED) is 0.285. The minimum absolute atomic E-state index is 0.185. The van der Waals surface area contributed by atoms with Gasteiger partial charge in [0.1, 0.15) is 5.52 Å². The highest BCUT2D eigenvalue weighted by Gasteiger charge is 2.14. The maximum atomic E-state index is 12.9. The Hall–Kier alpha value is -3.74. The molecule has 0 saturated carbocycles. The second kappa shape index (κ2) is 8.65. The number of halogens is 1. The van der Waals surface area contributed by atoms with Crippen molar-refractivity contribution in [3.05, 3.63) is 95.0 Å². The SMILES string of the molecule is Cc1ccc2nc(-c3cccc(NC(=S)NC(=O)c4cccc5c(Cl)cccc45)c3)oc2c1. The second-order valence-electron chi connectivity index (χ2n) is 7.62. The van der Waals surface area contributed by atoms with Crippen LogP contribution in [0.5, 0.6) is 0 Å². The molecule has 0 radical (unpaired) electrons. The number of oxazole rings is 1. The molecule has 5 rings (SSSR count). The first-order valence-electron chi connectivity index (χ1n) is 10.3. The lowest BCUT2D eigenvalue weighted by molar-refractivity contribution is 0.0979. The summed E-state index contributed by atoms with van der Waals surface area (Å²) in [5.74, 6) is 0.202. The molecule has 1 heterocycles. The summed E-state index contributed by atoms with van der Waals surface area (Å²) in [6.45, 7) is 2.01. The molecule has 33 heavy (non-hydrogen) atoms. The summed E-state index contributed by atoms with van der Waals surface area (Å²) >= 11 is 11.6. The summed E-state index contributed by atoms with van der Waals surface area (Å²) in [5.41, 5.74) is 4.64. The molecular formula is C26H18ClN3O2S. The van der Waals surface area contributed by atoms with Crippen molar-refractivity contribution in [1.29, 1.82) is 0 Å². The standard InChI is InChI=1S/C26H18ClN3O2S/c1-15-11-12-22-23(13-15)32-25(29-22)16-5-2-6-17(14-16)28-26(33)30-24(31)20-9-3-8-19-18(20)7-4-10-21(19)27/h2-14H,1H3,(H2,28,30,31,33). The van der Waals surface area contributed by atoms with Crippen molar-refractivity contribution in [2.24, 2.45) is 0 Å². The van der Waals surface area contributed by atoms with E-state index >= 15 is 0 Å². The maximum absolute atomic E-state index is 12.9. The molecule has 0 aliphatic carbocycles. The number of nitrogens with one attached hydrogen (secondary N) is 2. The Kier molecular flexibility index (Phi) is 5.54. The summed E-state index contributed by atoms with van der Waals surface area (Å²) < 4.78 is 5.92. The van der Waals surface area contributed by atoms with Crippen LogP contribution in [-0.2, 0) is 0 Å². The van der Waals surface area contributed by atoms with Crippen molar-refractivity contribution in [2.45, 2.75) is 6.92 Å². The molecule has 0 atom stereocenters. The van der Waals surface area contributed by atoms with Gasteiger partial charge in [-0.1, -0.05) is 48.0 Å². The molecule has 1 amide bonds. The number of aryl methyl sites for hydroxylation is 1. The predicted octanol–water partition coefficient (Wildman–Crippen LogP) is 6.74. The van der Waals surface area contributed by atoms with Crippen molar-refractivity contribution >= 4 is 62.4 Å². The predicted molar refractivity (Wildman–Crippen MR) is 137 cm³/mol. The van der Waals surface area contributed by atoms with E-state index in [9.17, 15) is 4.79 Å². The zero-order valence-corrected chi connectivity index (χ0v) is 19.1. The number of hydrogen-bond donors (Lipinski definition) is 2. The number of carbonyl (C=O) groups is 1. The van der Waals surface area contributed by atoms with E-state index in [-0.39, 0.29) is 11.0 Å². The van der Waals surface area contributed by atoms with Crippen LogP contribution in [-0.4, -0.2) is 16.0 Å². The van der Waals surface area contributed by atoms with Crippen LogP contribution in [0.4, 0.5) is 5.69 Å². The van der Waals surface area contributed by atoms with Gasteiger partial charge in [-0.25, -0.2) is 4.98 Å². The first-order valence-corrected chi connectivity index (χ1v) is 11.0. The molecule has 5 aromatic rings. The highest BCUT2D eigenvalue weighted by molar-refractivity contribution is 7.80. The first-order chi connectivity index (χ1) is 16.0. The van der Waals surface area contributed by atoms with Crippen molar-refractivity contribution in [3.63, 3.8) is 0 Å². The third-order valence-corrected chi connectivity index (χ3v) is 5.79. The fourth-order valence-corrected chi connectivity index (χ4v) is 4.14. The Bertz CT molecular complexity index is 1540. The monoisotopic (exact) mass is 471 g/mol. The largest absolute Gasteiger partial charge is 0.436 e. The minimum atomic E-state index is -0.314. The van der Waals surface area contributed by atoms with Gasteiger partial charge in [-0.15, -0.1) is 0 Å². The van der Waals surface area contributed by atoms with E-state index in [0.29, 0.717) is 22.2 Å². The third kappa shape index (κ3) is 4.31. The van der Waals surface area contributed by atoms with Gasteiger partial charge in [0.2, 0.25) is 5.89 Å². The second-order valence-corrected chi connectivity index (χ2v) is 8.44. The summed E-state index contributed by atoms with van der Waals surface area (Å²) in [5, 5.41) is 8.15. The minimum Gasteiger partial charge on any atom is -0.436 e. The number of nitrogens with zero attached hydrogens (tertiary/aromatic N) is 1. The van der Waals surface area contributed by atoms with Crippen LogP contribution in [0.3, 0.4) is 0 Å². The van der Waals surface area contributed by atoms with Gasteiger partial charge < -0.3 is 9.73 Å². The van der Waals surface area contributed by atoms with Crippen LogP contribution in [0, 0.1) is 6.92 Å². The Balaban J connectivity index is 1.34. The van der Waals surface area contributed by atoms with E-state index in [2.05, 4.69) is 15.6 Å². The maximum Gasteiger partial charge on any atom is 0.258 e. The zero-order chi connectivity index (χ0) is 22.9. The average Bonchev–Trinajstić information content (AvgIpc) is 3.22. The summed E-state index contributed by atoms with van der Waals surface area (Å²) in [6, 6.07) is 24.3. The zero-order valence-electron chi connectivity index (χ0n) is 17.6. The van der Waals surface area contributed by atoms with Gasteiger partial charge in [0.05, 0.1) is 0 Å². The molecular weight excluding hydrogens is 454 g/mol. The fourth-order valence-electron chi connectivity index (χ4n) is 3.69. The molecule has 162 valence electrons. The van der Waals surface area contributed by atoms with Crippen LogP contribution in [0.1, 0.15) is 15.9 Å². The van der Waals surface area contributed by atoms with Crippen LogP contribution >= 0.6 is 23.8 Å². The van der Waals surface area contributed by atoms with E-state index in [0.717, 1.165) is 33.0 Å². The van der Waals surface area contributed by atoms with Gasteiger partial charge >= 0.3 is 0 Å². The molecule has 2 N–H and O–H groups in total. The lowest BCUT2D eigenvalue weighted by Gasteiger charge is -2.12. The lowest BCUT2D eigenvalue weighted by Crippen LogP contribution is -2.34. The number of benzene rings is 4. The Morgan fingerprint density at radius 3 is 2.64 bits per heavy atom. The van der Waals surface area contributed by atoms with Crippen molar-refractivity contribution < 1.29 is 9.21 Å². The number of rotatable bonds is 3. The Labute approximate surface area is 200 Å². The van der Waals surface area contributed by atoms with Gasteiger partial charge in [0, 0.05) is 27.2 Å². The first kappa shape index (κ1) is 21.1. The normalized spacial score (nSPS) is 11.0. The number of aromatic nitrogens is 1. The molecule has 0 aliphatic rings. The molecule has 0 bridgehead atoms. The molecule has 0 aliphatic heterocycles. The van der Waals surface area contributed by atoms with E-state index in [1.165, 1.54) is 0 Å². The Morgan fingerprint density at radius 1 is 0.970 bits per heavy atom. The summed E-state index contributed by atoms with van der Waals surface area (Å²) in [6.07, 6.45) is 0. The van der Waals surface area contributed by atoms with Crippen LogP contribution < -0.4 is 10.6 Å². The third-order valence-electron chi connectivity index (χ3n) is 5.25. The molecule has 0 spiro atoms. The van der Waals surface area contributed by atoms with Crippen molar-refractivity contribution in [2.75, 3.05) is 5.32 Å². The number of carbonyl (C=O) groups excluding carboxylic acids is 1. The van der Waals surface area contributed by atoms with Crippen LogP contribution in [0.2, 0.25) is 5.02 Å². The molecule has 1 aromatic heterocycles. The highest BCUT2D eigenvalue weighted by atomic mass is 35.5. The average molecular weight is 472 g/mol. The van der Waals surface area contributed by atoms with E-state index in [1.54, 1.807) is 18.2 Å². The molecule has 7 heteroatoms. The topological polar surface area (TPSA) is 67.2 Å². The number of thiocarbonyl (C=S) groups is 1. The van der Waals surface area contributed by atoms with E-state index < -0.39 is 0 Å². The number of fused-ring (bicyclic) bond motifs is 2. The van der Waals surface area contributed by atoms with Gasteiger partial charge in [-0.05, 0) is 72.6 Å². The van der Waals surface area contributed by atoms with Crippen molar-refractivity contribution in [1.82, 2.24) is 10.3 Å². The smallest absolute Gasteiger partial charge is 0.258 e. The Morgan fingerprint density at radius 2 is 1.76 bits per heavy atom. The molecule has 0 unspecified atom stereocenters. The van der Waals surface area contributed by atoms with Crippen LogP contribution in [0.15, 0.2) is 83.3 Å². The summed E-state index contributed by atoms with van der Waals surface area (Å²) in [7, 11) is 0. The fraction of sp³-hybridized carbons (Fsp3) is 0.0385. The van der Waals surface area contributed by atoms with Gasteiger partial charge in [-0.2, -0.15) is 0 Å². The van der Waals surface area contributed by atoms with Gasteiger partial charge in [-0.3, -0.25) is 10.1 Å². The molecule has 4 aromatic carbocycles. The number of anilines is 1. The van der Waals surface area contributed by atoms with E-state index in [4.69, 9.17) is 28.2 Å². The van der Waals surface area contributed by atoms with Gasteiger partial charge in [0.25, 0.3) is 5.91 Å². The van der Waals surface area contributed by atoms with E-state index in [1.807, 2.05) is 67.6 Å². The van der Waals surface area contributed by atoms with Crippen molar-refractivity contribution in [3.8, 4) is 11.5 Å². The lowest BCUT2D eigenvalue weighted by atomic mass is 10.0. The number of amides is 1. The molecule has 0 fully saturated rings. The number of hydrogen-bond acceptors (Lipinski definition) is 4. The van der Waals surface area contributed by atoms with Crippen LogP contribution in [0.25, 0.3) is 33.3 Å².